The fourth-order valence-electron chi connectivity index (χ4n) is 0.742. The van der Waals surface area contributed by atoms with Crippen LogP contribution in [0.25, 0.3) is 0 Å². The van der Waals surface area contributed by atoms with E-state index in [4.69, 9.17) is 9.05 Å². The third kappa shape index (κ3) is 11.2. The van der Waals surface area contributed by atoms with Crippen molar-refractivity contribution in [2.24, 2.45) is 17.8 Å². The maximum absolute atomic E-state index is 5.74. The topological polar surface area (TPSA) is 27.7 Å². The quantitative estimate of drug-likeness (QED) is 0.604. The molecule has 0 N–H and O–H groups in total. The summed E-state index contributed by atoms with van der Waals surface area (Å²) < 4.78 is 17.2. The maximum atomic E-state index is 5.74. The second-order valence-electron chi connectivity index (χ2n) is 5.29. The summed E-state index contributed by atoms with van der Waals surface area (Å²) in [7, 11) is 0. The Morgan fingerprint density at radius 3 is 1.06 bits per heavy atom. The summed E-state index contributed by atoms with van der Waals surface area (Å²) in [4.78, 5) is 0. The number of rotatable bonds is 9. The second kappa shape index (κ2) is 9.70. The van der Waals surface area contributed by atoms with Crippen molar-refractivity contribution in [1.29, 1.82) is 0 Å². The minimum absolute atomic E-state index is 0.539. The van der Waals surface area contributed by atoms with Crippen molar-refractivity contribution in [1.82, 2.24) is 0 Å². The molecule has 0 unspecified atom stereocenters. The molecule has 0 radical (unpaired) electrons. The summed E-state index contributed by atoms with van der Waals surface area (Å²) in [6, 6.07) is 0. The Labute approximate surface area is 109 Å². The van der Waals surface area contributed by atoms with Crippen LogP contribution >= 0.6 is 0 Å². The summed E-state index contributed by atoms with van der Waals surface area (Å²) >= 11 is -2.35. The first-order chi connectivity index (χ1) is 7.41. The van der Waals surface area contributed by atoms with Crippen molar-refractivity contribution in [3.8, 4) is 0 Å². The van der Waals surface area contributed by atoms with Gasteiger partial charge in [0.2, 0.25) is 0 Å². The van der Waals surface area contributed by atoms with Crippen molar-refractivity contribution < 1.29 is 9.05 Å². The van der Waals surface area contributed by atoms with Crippen LogP contribution in [0, 0.1) is 17.8 Å². The number of hydrogen-bond acceptors (Lipinski definition) is 3. The second-order valence-corrected chi connectivity index (χ2v) is 8.78. The number of hydrogen-bond donors (Lipinski definition) is 0. The van der Waals surface area contributed by atoms with Gasteiger partial charge in [-0.2, -0.15) is 0 Å². The van der Waals surface area contributed by atoms with Gasteiger partial charge in [-0.3, -0.25) is 0 Å². The van der Waals surface area contributed by atoms with Crippen LogP contribution in [-0.4, -0.2) is 41.3 Å². The van der Waals surface area contributed by atoms with E-state index in [1.54, 1.807) is 0 Å². The molecule has 0 aliphatic rings. The van der Waals surface area contributed by atoms with E-state index in [1.807, 2.05) is 0 Å². The summed E-state index contributed by atoms with van der Waals surface area (Å²) in [5.74, 6) is 1.62. The Bertz CT molecular complexity index is 132. The molecule has 0 atom stereocenters. The van der Waals surface area contributed by atoms with Gasteiger partial charge in [-0.1, -0.05) is 0 Å². The molecular formula is C12H27O3Sb. The van der Waals surface area contributed by atoms with Crippen LogP contribution < -0.4 is 0 Å². The van der Waals surface area contributed by atoms with Gasteiger partial charge in [-0.15, -0.1) is 0 Å². The van der Waals surface area contributed by atoms with Gasteiger partial charge in [-0.25, -0.2) is 0 Å². The van der Waals surface area contributed by atoms with E-state index in [0.717, 1.165) is 19.8 Å². The molecule has 0 spiro atoms. The molecule has 0 saturated carbocycles. The van der Waals surface area contributed by atoms with Gasteiger partial charge in [0.15, 0.2) is 0 Å². The molecule has 0 amide bonds. The molecule has 0 aliphatic heterocycles. The van der Waals surface area contributed by atoms with Crippen LogP contribution in [0.3, 0.4) is 0 Å². The molecular weight excluding hydrogens is 314 g/mol. The zero-order chi connectivity index (χ0) is 12.6. The Balaban J connectivity index is 3.85. The van der Waals surface area contributed by atoms with Crippen molar-refractivity contribution in [2.45, 2.75) is 41.5 Å². The van der Waals surface area contributed by atoms with Gasteiger partial charge in [0.1, 0.15) is 0 Å². The van der Waals surface area contributed by atoms with Gasteiger partial charge in [-0.05, 0) is 0 Å². The average molecular weight is 341 g/mol. The van der Waals surface area contributed by atoms with Crippen LogP contribution in [-0.2, 0) is 9.05 Å². The van der Waals surface area contributed by atoms with E-state index >= 15 is 0 Å². The molecule has 0 bridgehead atoms. The van der Waals surface area contributed by atoms with Crippen molar-refractivity contribution in [3.05, 3.63) is 0 Å². The van der Waals surface area contributed by atoms with Crippen LogP contribution in [0.1, 0.15) is 41.5 Å². The van der Waals surface area contributed by atoms with Gasteiger partial charge in [0, 0.05) is 0 Å². The minimum atomic E-state index is -2.35. The Hall–Kier alpha value is 0.698. The van der Waals surface area contributed by atoms with Gasteiger partial charge in [0.25, 0.3) is 0 Å². The third-order valence-electron chi connectivity index (χ3n) is 1.54. The van der Waals surface area contributed by atoms with E-state index in [0.29, 0.717) is 17.8 Å². The van der Waals surface area contributed by atoms with Crippen LogP contribution in [0.2, 0.25) is 0 Å². The molecule has 0 fully saturated rings. The standard InChI is InChI=1S/3C4H9O.Sb/c3*1-4(2)3-5;/h3*4H,3H2,1-2H3;/q3*-1;+3. The molecule has 0 saturated heterocycles. The van der Waals surface area contributed by atoms with Gasteiger partial charge < -0.3 is 0 Å². The fourth-order valence-corrected chi connectivity index (χ4v) is 4.97. The third-order valence-corrected chi connectivity index (χ3v) is 4.62. The molecule has 0 heterocycles. The van der Waals surface area contributed by atoms with Crippen molar-refractivity contribution >= 4 is 21.5 Å². The normalized spacial score (nSPS) is 12.4. The molecule has 16 heavy (non-hydrogen) atoms. The van der Waals surface area contributed by atoms with Crippen molar-refractivity contribution in [3.63, 3.8) is 0 Å². The average Bonchev–Trinajstić information content (AvgIpc) is 2.15. The first-order valence-corrected chi connectivity index (χ1v) is 9.23. The zero-order valence-electron chi connectivity index (χ0n) is 11.5. The van der Waals surface area contributed by atoms with E-state index in [-0.39, 0.29) is 0 Å². The van der Waals surface area contributed by atoms with E-state index in [2.05, 4.69) is 41.5 Å². The van der Waals surface area contributed by atoms with Gasteiger partial charge in [0.05, 0.1) is 0 Å². The molecule has 0 aromatic rings. The molecule has 98 valence electrons. The van der Waals surface area contributed by atoms with E-state index in [9.17, 15) is 0 Å². The van der Waals surface area contributed by atoms with Crippen LogP contribution in [0.15, 0.2) is 0 Å². The molecule has 4 heteroatoms. The van der Waals surface area contributed by atoms with Crippen molar-refractivity contribution in [2.75, 3.05) is 19.8 Å². The molecule has 0 aromatic carbocycles. The van der Waals surface area contributed by atoms with Crippen LogP contribution in [0.4, 0.5) is 0 Å². The van der Waals surface area contributed by atoms with E-state index < -0.39 is 21.5 Å². The Kier molecular flexibility index (Phi) is 10.1. The Morgan fingerprint density at radius 1 is 0.625 bits per heavy atom. The van der Waals surface area contributed by atoms with E-state index in [1.165, 1.54) is 0 Å². The SMILES string of the molecule is CC(C)C[O][Sb]([O]CC(C)C)[O]CC(C)C. The molecule has 0 aromatic heterocycles. The monoisotopic (exact) mass is 340 g/mol. The molecule has 3 nitrogen and oxygen atoms in total. The van der Waals surface area contributed by atoms with Crippen LogP contribution in [0.5, 0.6) is 0 Å². The Morgan fingerprint density at radius 2 is 0.875 bits per heavy atom. The molecule has 0 rings (SSSR count). The predicted octanol–water partition coefficient (Wildman–Crippen LogP) is 2.99. The predicted molar refractivity (Wildman–Crippen MR) is 68.1 cm³/mol. The summed E-state index contributed by atoms with van der Waals surface area (Å²) in [5, 5.41) is 0. The fraction of sp³-hybridized carbons (Fsp3) is 1.00. The first-order valence-electron chi connectivity index (χ1n) is 6.10. The first kappa shape index (κ1) is 16.7. The zero-order valence-corrected chi connectivity index (χ0v) is 14.1. The summed E-state index contributed by atoms with van der Waals surface area (Å²) in [5.41, 5.74) is 0. The molecule has 0 aliphatic carbocycles. The summed E-state index contributed by atoms with van der Waals surface area (Å²) in [6.45, 7) is 15.1. The summed E-state index contributed by atoms with van der Waals surface area (Å²) in [6.07, 6.45) is 0. The van der Waals surface area contributed by atoms with Gasteiger partial charge >= 0.3 is 110 Å².